The molecular weight excluding hydrogens is 1340 g/mol. The van der Waals surface area contributed by atoms with E-state index >= 15 is 38.4 Å². The number of hydrogen-bond acceptors (Lipinski definition) is 13. The Morgan fingerprint density at radius 2 is 0.752 bits per heavy atom. The Hall–Kier alpha value is -8.45. The Morgan fingerprint density at radius 1 is 0.400 bits per heavy atom. The summed E-state index contributed by atoms with van der Waals surface area (Å²) in [7, 11) is 13.1. The first kappa shape index (κ1) is 88.9. The minimum Gasteiger partial charge on any atom is -0.349 e. The van der Waals surface area contributed by atoms with Gasteiger partial charge in [0, 0.05) is 95.8 Å². The van der Waals surface area contributed by atoms with E-state index in [4.69, 9.17) is 0 Å². The molecule has 2 aromatic rings. The smallest absolute Gasteiger partial charge is 0.246 e. The summed E-state index contributed by atoms with van der Waals surface area (Å²) >= 11 is 0. The fourth-order valence-corrected chi connectivity index (χ4v) is 13.6. The highest BCUT2D eigenvalue weighted by Gasteiger charge is 2.44. The van der Waals surface area contributed by atoms with Crippen molar-refractivity contribution in [1.29, 1.82) is 0 Å². The maximum atomic E-state index is 15.6. The van der Waals surface area contributed by atoms with Crippen molar-refractivity contribution in [3.05, 3.63) is 71.8 Å². The van der Waals surface area contributed by atoms with Gasteiger partial charge in [-0.1, -0.05) is 144 Å². The predicted molar refractivity (Wildman–Crippen MR) is 405 cm³/mol. The second kappa shape index (κ2) is 42.0. The minimum atomic E-state index is -1.47. The fourth-order valence-electron chi connectivity index (χ4n) is 13.6. The number of benzene rings is 2. The first-order chi connectivity index (χ1) is 49.2. The molecule has 2 aromatic carbocycles. The zero-order valence-corrected chi connectivity index (χ0v) is 66.9. The van der Waals surface area contributed by atoms with Gasteiger partial charge in [0.05, 0.1) is 13.0 Å². The fraction of sp³-hybridized carbons (Fsp3) is 0.684. The van der Waals surface area contributed by atoms with Crippen LogP contribution in [0.4, 0.5) is 0 Å². The summed E-state index contributed by atoms with van der Waals surface area (Å²) in [6, 6.07) is 4.99. The van der Waals surface area contributed by atoms with E-state index in [1.807, 2.05) is 101 Å². The molecule has 105 heavy (non-hydrogen) atoms. The summed E-state index contributed by atoms with van der Waals surface area (Å²) in [4.78, 5) is 207. The lowest BCUT2D eigenvalue weighted by Gasteiger charge is -2.38. The summed E-state index contributed by atoms with van der Waals surface area (Å²) in [6.07, 6.45) is 1.65. The standard InChI is InChI=1S/C79H127N13O13/c1-49(2)39-58-75(101)90(20)65(44-54(11)12)78(104)89(19)64(45-55-31-25-22-26-32-55)73(99)82-59(40-50(3)4)76(102)91(21)66(46-56-33-27-23-28-34-56)79(105)88(18)63(43-53(9)10)72(98)80-57(35-36-67(93)84(13)14)74(100)85(15)48-69(95)87(17)62(42-52(7)8)71(97)83-60(77(103)92-37-29-24-30-38-92)47-68(94)86(16)61(41-51(5)6)70(96)81-58/h22-23,25-28,31-34,49-54,57-66H,24,29-30,35-48H2,1-21H3,(H,80,98)(H,81,96)(H,82,99)(H,83,97)/t57-,58-,59-,60-,61-,62-,63-,64-,65-,66-/m0/s1. The van der Waals surface area contributed by atoms with Gasteiger partial charge in [-0.05, 0) is 111 Å². The van der Waals surface area contributed by atoms with Gasteiger partial charge in [0.1, 0.15) is 60.4 Å². The Balaban J connectivity index is 2.04. The largest absolute Gasteiger partial charge is 0.349 e. The third-order valence-electron chi connectivity index (χ3n) is 19.9. The van der Waals surface area contributed by atoms with Crippen molar-refractivity contribution in [1.82, 2.24) is 65.4 Å². The summed E-state index contributed by atoms with van der Waals surface area (Å²) in [5, 5.41) is 11.7. The molecule has 13 amide bonds. The molecule has 26 nitrogen and oxygen atoms in total. The Bertz CT molecular complexity index is 3250. The van der Waals surface area contributed by atoms with Gasteiger partial charge in [0.25, 0.3) is 0 Å². The number of hydrogen-bond donors (Lipinski definition) is 4. The van der Waals surface area contributed by atoms with Crippen molar-refractivity contribution in [2.75, 3.05) is 83.1 Å². The van der Waals surface area contributed by atoms with Crippen LogP contribution in [-0.4, -0.2) is 264 Å². The predicted octanol–water partition coefficient (Wildman–Crippen LogP) is 5.39. The van der Waals surface area contributed by atoms with Gasteiger partial charge in [0.15, 0.2) is 0 Å². The van der Waals surface area contributed by atoms with Crippen LogP contribution in [-0.2, 0) is 75.2 Å². The van der Waals surface area contributed by atoms with Gasteiger partial charge >= 0.3 is 0 Å². The zero-order chi connectivity index (χ0) is 79.0. The summed E-state index contributed by atoms with van der Waals surface area (Å²) < 4.78 is 0. The molecule has 0 saturated carbocycles. The van der Waals surface area contributed by atoms with Crippen molar-refractivity contribution >= 4 is 76.8 Å². The molecule has 4 N–H and O–H groups in total. The number of piperidine rings is 1. The van der Waals surface area contributed by atoms with E-state index < -0.39 is 144 Å². The van der Waals surface area contributed by atoms with Crippen molar-refractivity contribution in [3.8, 4) is 0 Å². The molecule has 2 aliphatic heterocycles. The number of amides is 13. The second-order valence-corrected chi connectivity index (χ2v) is 31.9. The minimum absolute atomic E-state index is 0.0313. The van der Waals surface area contributed by atoms with Crippen molar-refractivity contribution in [2.24, 2.45) is 35.5 Å². The van der Waals surface area contributed by atoms with E-state index in [0.29, 0.717) is 37.1 Å². The average molecular weight is 1470 g/mol. The summed E-state index contributed by atoms with van der Waals surface area (Å²) in [5.74, 6) is -9.76. The van der Waals surface area contributed by atoms with Crippen LogP contribution in [0.25, 0.3) is 0 Å². The van der Waals surface area contributed by atoms with Crippen LogP contribution >= 0.6 is 0 Å². The highest BCUT2D eigenvalue weighted by molar-refractivity contribution is 6.00. The molecule has 0 spiro atoms. The topological polar surface area (TPSA) is 299 Å². The van der Waals surface area contributed by atoms with Gasteiger partial charge in [0.2, 0.25) is 76.8 Å². The molecule has 0 aromatic heterocycles. The SMILES string of the molecule is CC(C)C[C@@H]1NC(=O)[C@H](CC(C)C)N(C)C(=O)C[C@@H](C(=O)N2CCCCC2)NC(=O)[C@H](CC(C)C)N(C)C(=O)CN(C)C(=O)[C@H](CCC(=O)N(C)C)NC(=O)[C@H](CC(C)C)N(C)C(=O)[C@H](Cc2ccccc2)N(C)C(=O)[C@H](CC(C)C)NC(=O)[C@H](Cc2ccccc2)N(C)C(=O)[C@H](CC(C)C)N(C)C1=O. The highest BCUT2D eigenvalue weighted by Crippen LogP contribution is 2.25. The molecule has 586 valence electrons. The van der Waals surface area contributed by atoms with Crippen LogP contribution in [0.5, 0.6) is 0 Å². The molecule has 2 heterocycles. The van der Waals surface area contributed by atoms with Crippen molar-refractivity contribution in [2.45, 2.75) is 233 Å². The van der Waals surface area contributed by atoms with Gasteiger partial charge in [-0.3, -0.25) is 62.3 Å². The number of carbonyl (C=O) groups is 13. The maximum Gasteiger partial charge on any atom is 0.246 e. The summed E-state index contributed by atoms with van der Waals surface area (Å²) in [5.41, 5.74) is 1.34. The lowest BCUT2D eigenvalue weighted by atomic mass is 9.96. The van der Waals surface area contributed by atoms with Crippen LogP contribution < -0.4 is 21.3 Å². The van der Waals surface area contributed by atoms with Crippen LogP contribution in [0.1, 0.15) is 171 Å². The van der Waals surface area contributed by atoms with Crippen molar-refractivity contribution in [3.63, 3.8) is 0 Å². The van der Waals surface area contributed by atoms with Crippen LogP contribution in [0, 0.1) is 35.5 Å². The monoisotopic (exact) mass is 1470 g/mol. The third kappa shape index (κ3) is 26.8. The number of likely N-dealkylation sites (tertiary alicyclic amines) is 1. The van der Waals surface area contributed by atoms with Gasteiger partial charge in [-0.2, -0.15) is 0 Å². The maximum absolute atomic E-state index is 15.6. The number of nitrogens with one attached hydrogen (secondary N) is 4. The van der Waals surface area contributed by atoms with Crippen molar-refractivity contribution < 1.29 is 62.3 Å². The second-order valence-electron chi connectivity index (χ2n) is 31.9. The molecule has 0 bridgehead atoms. The van der Waals surface area contributed by atoms with Gasteiger partial charge < -0.3 is 65.4 Å². The number of carbonyl (C=O) groups excluding carboxylic acids is 13. The van der Waals surface area contributed by atoms with Crippen LogP contribution in [0.15, 0.2) is 60.7 Å². The van der Waals surface area contributed by atoms with E-state index in [1.165, 1.54) is 83.6 Å². The van der Waals surface area contributed by atoms with Crippen LogP contribution in [0.2, 0.25) is 0 Å². The Morgan fingerprint density at radius 3 is 1.19 bits per heavy atom. The van der Waals surface area contributed by atoms with E-state index in [1.54, 1.807) is 61.5 Å². The molecule has 26 heteroatoms. The number of nitrogens with zero attached hydrogens (tertiary/aromatic N) is 9. The quantitative estimate of drug-likeness (QED) is 0.129. The first-order valence-electron chi connectivity index (χ1n) is 37.8. The third-order valence-corrected chi connectivity index (χ3v) is 19.9. The lowest BCUT2D eigenvalue weighted by molar-refractivity contribution is -0.151. The Labute approximate surface area is 625 Å². The molecule has 0 radical (unpaired) electrons. The van der Waals surface area contributed by atoms with E-state index in [2.05, 4.69) is 21.3 Å². The van der Waals surface area contributed by atoms with E-state index in [9.17, 15) is 24.0 Å². The highest BCUT2D eigenvalue weighted by atomic mass is 16.2. The van der Waals surface area contributed by atoms with Gasteiger partial charge in [-0.25, -0.2) is 0 Å². The number of rotatable bonds is 20. The molecule has 0 aliphatic carbocycles. The first-order valence-corrected chi connectivity index (χ1v) is 37.8. The van der Waals surface area contributed by atoms with E-state index in [0.717, 1.165) is 11.3 Å². The average Bonchev–Trinajstić information content (AvgIpc) is 0.816. The molecule has 4 rings (SSSR count). The van der Waals surface area contributed by atoms with E-state index in [-0.39, 0.29) is 106 Å². The molecule has 2 fully saturated rings. The lowest BCUT2D eigenvalue weighted by Crippen LogP contribution is -2.62. The Kier molecular flexibility index (Phi) is 35.6. The summed E-state index contributed by atoms with van der Waals surface area (Å²) in [6.45, 7) is 22.5. The molecule has 2 saturated heterocycles. The molecular formula is C79H127N13O13. The number of likely N-dealkylation sites (N-methyl/N-ethyl adjacent to an activating group) is 7. The van der Waals surface area contributed by atoms with Crippen LogP contribution in [0.3, 0.4) is 0 Å². The zero-order valence-electron chi connectivity index (χ0n) is 66.9. The molecule has 0 unspecified atom stereocenters. The van der Waals surface area contributed by atoms with Gasteiger partial charge in [-0.15, -0.1) is 0 Å². The normalized spacial score (nSPS) is 24.2. The molecule has 10 atom stereocenters. The molecule has 2 aliphatic rings.